The van der Waals surface area contributed by atoms with Gasteiger partial charge in [-0.25, -0.2) is 9.59 Å². The number of nitrogens with zero attached hydrogens (tertiary/aromatic N) is 2. The zero-order valence-corrected chi connectivity index (χ0v) is 34.1. The minimum Gasteiger partial charge on any atom is -0.456 e. The topological polar surface area (TPSA) is 77.5 Å². The largest absolute Gasteiger partial charge is 0.456 e. The van der Waals surface area contributed by atoms with Gasteiger partial charge in [-0.1, -0.05) is 89.8 Å². The second kappa shape index (κ2) is 15.2. The molecule has 4 heterocycles. The van der Waals surface area contributed by atoms with Crippen LogP contribution in [0.3, 0.4) is 0 Å². The van der Waals surface area contributed by atoms with Crippen molar-refractivity contribution < 1.29 is 28.5 Å². The molecule has 0 aliphatic carbocycles. The standard InChI is InChI=1S/C50H52N2O6/c1-5-9-25-51(26-10-6-2)33-21-23-39-43(29-33)55-45-32-46-42(31-41(45)49(39)37-19-15-13-17-35(37)47(53)57-49)50(38-20-16-14-18-36(38)48(54)58-50)40-24-22-34(30-44(40)56-46)52(27-11-7-3)28-12-8-4/h13-24,29-32H,5-12,25-28H2,1-4H3/t49-,50-/m0/s1. The molecule has 0 fully saturated rings. The molecule has 8 heteroatoms. The molecule has 298 valence electrons. The number of unbranched alkanes of at least 4 members (excludes halogenated alkanes) is 4. The van der Waals surface area contributed by atoms with Crippen LogP contribution in [-0.2, 0) is 20.7 Å². The fraction of sp³-hybridized carbons (Fsp3) is 0.360. The van der Waals surface area contributed by atoms with Gasteiger partial charge in [0.25, 0.3) is 0 Å². The monoisotopic (exact) mass is 776 g/mol. The summed E-state index contributed by atoms with van der Waals surface area (Å²) < 4.78 is 27.2. The summed E-state index contributed by atoms with van der Waals surface area (Å²) in [6, 6.07) is 31.7. The van der Waals surface area contributed by atoms with Crippen molar-refractivity contribution in [2.45, 2.75) is 90.3 Å². The Morgan fingerprint density at radius 3 is 1.21 bits per heavy atom. The first kappa shape index (κ1) is 37.8. The van der Waals surface area contributed by atoms with Crippen LogP contribution in [0.1, 0.15) is 133 Å². The van der Waals surface area contributed by atoms with Crippen molar-refractivity contribution in [1.29, 1.82) is 0 Å². The van der Waals surface area contributed by atoms with Gasteiger partial charge in [0.05, 0.1) is 11.1 Å². The Bertz CT molecular complexity index is 2230. The SMILES string of the molecule is CCCCN(CCCC)c1ccc2c(c1)Oc1cc3c(cc1[C@@]21OC(=O)c2ccccc21)[C@@]1(OC(=O)c2ccccc21)c1ccc(N(CCCC)CCCC)cc1O3. The zero-order chi connectivity index (χ0) is 40.0. The van der Waals surface area contributed by atoms with E-state index >= 15 is 0 Å². The number of benzene rings is 5. The van der Waals surface area contributed by atoms with Gasteiger partial charge in [0.15, 0.2) is 11.2 Å². The predicted molar refractivity (Wildman–Crippen MR) is 227 cm³/mol. The van der Waals surface area contributed by atoms with Gasteiger partial charge in [-0.15, -0.1) is 0 Å². The van der Waals surface area contributed by atoms with Crippen molar-refractivity contribution in [3.05, 3.63) is 142 Å². The summed E-state index contributed by atoms with van der Waals surface area (Å²) in [5.74, 6) is 1.48. The maximum Gasteiger partial charge on any atom is 0.340 e. The first-order valence-corrected chi connectivity index (χ1v) is 21.4. The average molecular weight is 777 g/mol. The van der Waals surface area contributed by atoms with E-state index in [1.165, 1.54) is 0 Å². The minimum atomic E-state index is -1.33. The molecular formula is C50H52N2O6. The van der Waals surface area contributed by atoms with E-state index in [1.807, 2.05) is 60.7 Å². The van der Waals surface area contributed by atoms with Crippen LogP contribution in [0.15, 0.2) is 97.1 Å². The fourth-order valence-corrected chi connectivity index (χ4v) is 9.34. The van der Waals surface area contributed by atoms with Crippen LogP contribution in [0.5, 0.6) is 23.0 Å². The van der Waals surface area contributed by atoms with Gasteiger partial charge in [0.1, 0.15) is 23.0 Å². The Morgan fingerprint density at radius 2 is 0.810 bits per heavy atom. The second-order valence-electron chi connectivity index (χ2n) is 16.0. The minimum absolute atomic E-state index is 0.402. The Kier molecular flexibility index (Phi) is 9.91. The molecule has 0 bridgehead atoms. The first-order valence-electron chi connectivity index (χ1n) is 21.4. The third-order valence-corrected chi connectivity index (χ3v) is 12.4. The van der Waals surface area contributed by atoms with E-state index in [0.29, 0.717) is 45.3 Å². The summed E-state index contributed by atoms with van der Waals surface area (Å²) in [6.45, 7) is 12.6. The van der Waals surface area contributed by atoms with E-state index in [-0.39, 0.29) is 0 Å². The maximum absolute atomic E-state index is 13.9. The first-order chi connectivity index (χ1) is 28.4. The third-order valence-electron chi connectivity index (χ3n) is 12.4. The van der Waals surface area contributed by atoms with Gasteiger partial charge in [0.2, 0.25) is 0 Å². The summed E-state index contributed by atoms with van der Waals surface area (Å²) in [7, 11) is 0. The molecule has 0 saturated heterocycles. The molecular weight excluding hydrogens is 725 g/mol. The van der Waals surface area contributed by atoms with Gasteiger partial charge in [0, 0.05) is 89.1 Å². The van der Waals surface area contributed by atoms with E-state index in [0.717, 1.165) is 111 Å². The van der Waals surface area contributed by atoms with Gasteiger partial charge in [-0.3, -0.25) is 0 Å². The number of hydrogen-bond acceptors (Lipinski definition) is 8. The number of carbonyl (C=O) groups is 2. The van der Waals surface area contributed by atoms with Crippen LogP contribution in [0, 0.1) is 0 Å². The molecule has 0 aromatic heterocycles. The summed E-state index contributed by atoms with van der Waals surface area (Å²) in [5, 5.41) is 0. The van der Waals surface area contributed by atoms with Crippen molar-refractivity contribution in [1.82, 2.24) is 0 Å². The van der Waals surface area contributed by atoms with Gasteiger partial charge >= 0.3 is 11.9 Å². The van der Waals surface area contributed by atoms with Crippen molar-refractivity contribution in [3.63, 3.8) is 0 Å². The van der Waals surface area contributed by atoms with E-state index < -0.39 is 23.1 Å². The number of rotatable bonds is 14. The Balaban J connectivity index is 1.26. The third kappa shape index (κ3) is 5.85. The summed E-state index contributed by atoms with van der Waals surface area (Å²) in [5.41, 5.74) is 4.76. The maximum atomic E-state index is 13.9. The molecule has 2 atom stereocenters. The molecule has 58 heavy (non-hydrogen) atoms. The van der Waals surface area contributed by atoms with Crippen LogP contribution < -0.4 is 19.3 Å². The molecule has 0 saturated carbocycles. The van der Waals surface area contributed by atoms with E-state index in [9.17, 15) is 9.59 Å². The van der Waals surface area contributed by atoms with E-state index in [1.54, 1.807) is 0 Å². The number of ether oxygens (including phenoxy) is 4. The molecule has 0 radical (unpaired) electrons. The zero-order valence-electron chi connectivity index (χ0n) is 34.1. The summed E-state index contributed by atoms with van der Waals surface area (Å²) in [4.78, 5) is 32.7. The number of esters is 2. The van der Waals surface area contributed by atoms with Crippen molar-refractivity contribution in [3.8, 4) is 23.0 Å². The normalized spacial score (nSPS) is 18.9. The Morgan fingerprint density at radius 1 is 0.431 bits per heavy atom. The Hall–Kier alpha value is -5.76. The van der Waals surface area contributed by atoms with Gasteiger partial charge in [-0.05, 0) is 68.1 Å². The smallest absolute Gasteiger partial charge is 0.340 e. The molecule has 2 spiro atoms. The highest BCUT2D eigenvalue weighted by Gasteiger charge is 2.58. The number of hydrogen-bond donors (Lipinski definition) is 0. The average Bonchev–Trinajstić information content (AvgIpc) is 3.71. The highest BCUT2D eigenvalue weighted by molar-refractivity contribution is 5.98. The lowest BCUT2D eigenvalue weighted by Crippen LogP contribution is -2.37. The molecule has 9 rings (SSSR count). The van der Waals surface area contributed by atoms with Crippen molar-refractivity contribution in [2.24, 2.45) is 0 Å². The molecule has 8 nitrogen and oxygen atoms in total. The Labute approximate surface area is 341 Å². The lowest BCUT2D eigenvalue weighted by atomic mass is 9.73. The van der Waals surface area contributed by atoms with Crippen LogP contribution in [0.4, 0.5) is 11.4 Å². The molecule has 5 aromatic rings. The van der Waals surface area contributed by atoms with E-state index in [2.05, 4.69) is 73.9 Å². The number of carbonyl (C=O) groups excluding carboxylic acids is 2. The van der Waals surface area contributed by atoms with Crippen molar-refractivity contribution >= 4 is 23.3 Å². The van der Waals surface area contributed by atoms with Crippen LogP contribution in [-0.4, -0.2) is 38.1 Å². The molecule has 0 N–H and O–H groups in total. The quantitative estimate of drug-likeness (QED) is 0.103. The number of anilines is 2. The molecule has 0 unspecified atom stereocenters. The molecule has 4 aliphatic heterocycles. The molecule has 5 aromatic carbocycles. The predicted octanol–water partition coefficient (Wildman–Crippen LogP) is 11.6. The lowest BCUT2D eigenvalue weighted by molar-refractivity contribution is 0.0208. The second-order valence-corrected chi connectivity index (χ2v) is 16.0. The van der Waals surface area contributed by atoms with Crippen LogP contribution in [0.2, 0.25) is 0 Å². The van der Waals surface area contributed by atoms with Gasteiger partial charge < -0.3 is 28.7 Å². The number of fused-ring (bicyclic) bond motifs is 12. The van der Waals surface area contributed by atoms with Gasteiger partial charge in [-0.2, -0.15) is 0 Å². The van der Waals surface area contributed by atoms with Crippen molar-refractivity contribution in [2.75, 3.05) is 36.0 Å². The van der Waals surface area contributed by atoms with Crippen LogP contribution >= 0.6 is 0 Å². The fourth-order valence-electron chi connectivity index (χ4n) is 9.34. The summed E-state index contributed by atoms with van der Waals surface area (Å²) in [6.07, 6.45) is 8.71. The lowest BCUT2D eigenvalue weighted by Gasteiger charge is -2.41. The molecule has 4 aliphatic rings. The highest BCUT2D eigenvalue weighted by atomic mass is 16.6. The van der Waals surface area contributed by atoms with E-state index in [4.69, 9.17) is 18.9 Å². The molecule has 0 amide bonds. The van der Waals surface area contributed by atoms with Crippen LogP contribution in [0.25, 0.3) is 0 Å². The summed E-state index contributed by atoms with van der Waals surface area (Å²) >= 11 is 0. The highest BCUT2D eigenvalue weighted by Crippen LogP contribution is 2.62.